The molecule has 1 saturated heterocycles. The zero-order chi connectivity index (χ0) is 16.4. The van der Waals surface area contributed by atoms with Gasteiger partial charge in [-0.2, -0.15) is 0 Å². The summed E-state index contributed by atoms with van der Waals surface area (Å²) in [6.07, 6.45) is 0. The van der Waals surface area contributed by atoms with Gasteiger partial charge in [0.2, 0.25) is 0 Å². The van der Waals surface area contributed by atoms with Crippen molar-refractivity contribution in [3.8, 4) is 5.75 Å². The molecule has 5 nitrogen and oxygen atoms in total. The van der Waals surface area contributed by atoms with Gasteiger partial charge in [-0.15, -0.1) is 0 Å². The molecule has 3 amide bonds. The molecule has 3 rings (SSSR count). The molecule has 2 aromatic rings. The highest BCUT2D eigenvalue weighted by Crippen LogP contribution is 2.31. The number of para-hydroxylation sites is 2. The van der Waals surface area contributed by atoms with E-state index >= 15 is 0 Å². The van der Waals surface area contributed by atoms with Gasteiger partial charge >= 0.3 is 6.03 Å². The largest absolute Gasteiger partial charge is 0.495 e. The van der Waals surface area contributed by atoms with Crippen LogP contribution in [-0.2, 0) is 11.3 Å². The fraction of sp³-hybridized carbons (Fsp3) is 0.176. The Morgan fingerprint density at radius 3 is 2.65 bits per heavy atom. The van der Waals surface area contributed by atoms with Gasteiger partial charge in [0.1, 0.15) is 12.3 Å². The zero-order valence-corrected chi connectivity index (χ0v) is 14.1. The van der Waals surface area contributed by atoms with Crippen LogP contribution in [0.1, 0.15) is 5.56 Å². The number of methoxy groups -OCH3 is 1. The maximum Gasteiger partial charge on any atom is 0.332 e. The van der Waals surface area contributed by atoms with Gasteiger partial charge in [0, 0.05) is 11.0 Å². The second-order valence-electron chi connectivity index (χ2n) is 5.17. The third-order valence-corrected chi connectivity index (χ3v) is 4.12. The Kier molecular flexibility index (Phi) is 4.34. The number of amides is 3. The number of anilines is 1. The fourth-order valence-corrected chi connectivity index (χ4v) is 3.03. The second kappa shape index (κ2) is 6.42. The first kappa shape index (κ1) is 15.6. The van der Waals surface area contributed by atoms with E-state index in [1.165, 1.54) is 16.9 Å². The first-order valence-electron chi connectivity index (χ1n) is 7.09. The van der Waals surface area contributed by atoms with Gasteiger partial charge in [-0.25, -0.2) is 9.69 Å². The maximum atomic E-state index is 12.6. The van der Waals surface area contributed by atoms with Crippen molar-refractivity contribution in [2.75, 3.05) is 18.6 Å². The Morgan fingerprint density at radius 1 is 1.13 bits per heavy atom. The van der Waals surface area contributed by atoms with E-state index in [0.29, 0.717) is 18.0 Å². The van der Waals surface area contributed by atoms with Gasteiger partial charge in [0.05, 0.1) is 12.8 Å². The molecule has 0 aliphatic carbocycles. The Bertz CT molecular complexity index is 763. The van der Waals surface area contributed by atoms with Crippen LogP contribution in [0.2, 0.25) is 0 Å². The summed E-state index contributed by atoms with van der Waals surface area (Å²) in [7, 11) is 1.52. The van der Waals surface area contributed by atoms with E-state index in [0.717, 1.165) is 10.0 Å². The Hall–Kier alpha value is -2.34. The van der Waals surface area contributed by atoms with Crippen LogP contribution in [-0.4, -0.2) is 30.5 Å². The quantitative estimate of drug-likeness (QED) is 0.770. The highest BCUT2D eigenvalue weighted by Gasteiger charge is 2.38. The Morgan fingerprint density at radius 2 is 1.91 bits per heavy atom. The molecule has 1 fully saturated rings. The molecular formula is C17H15BrN2O3. The van der Waals surface area contributed by atoms with Crippen LogP contribution >= 0.6 is 15.9 Å². The molecule has 0 bridgehead atoms. The van der Waals surface area contributed by atoms with Gasteiger partial charge < -0.3 is 9.64 Å². The van der Waals surface area contributed by atoms with Crippen LogP contribution in [0.5, 0.6) is 5.75 Å². The first-order valence-corrected chi connectivity index (χ1v) is 7.89. The monoisotopic (exact) mass is 374 g/mol. The number of imide groups is 1. The lowest BCUT2D eigenvalue weighted by atomic mass is 10.2. The molecule has 118 valence electrons. The summed E-state index contributed by atoms with van der Waals surface area (Å²) in [6, 6.07) is 14.4. The number of hydrogen-bond donors (Lipinski definition) is 0. The van der Waals surface area contributed by atoms with E-state index in [1.807, 2.05) is 24.3 Å². The summed E-state index contributed by atoms with van der Waals surface area (Å²) in [6.45, 7) is 0.444. The van der Waals surface area contributed by atoms with Crippen molar-refractivity contribution in [2.24, 2.45) is 0 Å². The molecule has 0 unspecified atom stereocenters. The van der Waals surface area contributed by atoms with Crippen molar-refractivity contribution in [3.05, 3.63) is 58.6 Å². The minimum absolute atomic E-state index is 0.0589. The second-order valence-corrected chi connectivity index (χ2v) is 6.09. The predicted octanol–water partition coefficient (Wildman–Crippen LogP) is 3.43. The average molecular weight is 375 g/mol. The van der Waals surface area contributed by atoms with E-state index in [2.05, 4.69) is 15.9 Å². The van der Waals surface area contributed by atoms with Crippen LogP contribution < -0.4 is 9.64 Å². The normalized spacial score (nSPS) is 14.5. The number of ether oxygens (including phenoxy) is 1. The average Bonchev–Trinajstić information content (AvgIpc) is 2.81. The van der Waals surface area contributed by atoms with Crippen molar-refractivity contribution in [2.45, 2.75) is 6.54 Å². The maximum absolute atomic E-state index is 12.6. The molecule has 0 saturated carbocycles. The van der Waals surface area contributed by atoms with E-state index in [1.54, 1.807) is 24.3 Å². The fourth-order valence-electron chi connectivity index (χ4n) is 2.58. The third-order valence-electron chi connectivity index (χ3n) is 3.63. The minimum Gasteiger partial charge on any atom is -0.495 e. The summed E-state index contributed by atoms with van der Waals surface area (Å²) < 4.78 is 6.19. The summed E-state index contributed by atoms with van der Waals surface area (Å²) >= 11 is 3.41. The molecule has 2 aromatic carbocycles. The van der Waals surface area contributed by atoms with Gasteiger partial charge in [0.15, 0.2) is 0 Å². The molecule has 0 radical (unpaired) electrons. The lowest BCUT2D eigenvalue weighted by Crippen LogP contribution is -2.33. The zero-order valence-electron chi connectivity index (χ0n) is 12.5. The standard InChI is InChI=1S/C17H15BrN2O3/c1-23-15-8-3-2-7-14(15)20-16(21)11-19(17(20)22)10-12-5-4-6-13(18)9-12/h2-9H,10-11H2,1H3. The van der Waals surface area contributed by atoms with E-state index in [4.69, 9.17) is 4.74 Å². The van der Waals surface area contributed by atoms with Crippen LogP contribution in [0.15, 0.2) is 53.0 Å². The first-order chi connectivity index (χ1) is 11.1. The van der Waals surface area contributed by atoms with Crippen molar-refractivity contribution < 1.29 is 14.3 Å². The lowest BCUT2D eigenvalue weighted by molar-refractivity contribution is -0.116. The molecule has 1 aliphatic rings. The Labute approximate surface area is 142 Å². The molecule has 0 aromatic heterocycles. The smallest absolute Gasteiger partial charge is 0.332 e. The van der Waals surface area contributed by atoms with E-state index in [9.17, 15) is 9.59 Å². The molecule has 23 heavy (non-hydrogen) atoms. The molecular weight excluding hydrogens is 360 g/mol. The van der Waals surface area contributed by atoms with Gasteiger partial charge in [0.25, 0.3) is 5.91 Å². The topological polar surface area (TPSA) is 49.9 Å². The number of benzene rings is 2. The van der Waals surface area contributed by atoms with Crippen molar-refractivity contribution in [3.63, 3.8) is 0 Å². The van der Waals surface area contributed by atoms with Crippen LogP contribution in [0.4, 0.5) is 10.5 Å². The van der Waals surface area contributed by atoms with Crippen molar-refractivity contribution >= 4 is 33.6 Å². The highest BCUT2D eigenvalue weighted by atomic mass is 79.9. The predicted molar refractivity (Wildman–Crippen MR) is 90.4 cm³/mol. The summed E-state index contributed by atoms with van der Waals surface area (Å²) in [5.41, 5.74) is 1.43. The lowest BCUT2D eigenvalue weighted by Gasteiger charge is -2.19. The molecule has 0 spiro atoms. The third kappa shape index (κ3) is 3.07. The Balaban J connectivity index is 1.85. The summed E-state index contributed by atoms with van der Waals surface area (Å²) in [5, 5.41) is 0. The number of carbonyl (C=O) groups is 2. The van der Waals surface area contributed by atoms with Gasteiger partial charge in [-0.05, 0) is 29.8 Å². The summed E-state index contributed by atoms with van der Waals surface area (Å²) in [5.74, 6) is 0.244. The molecule has 0 atom stereocenters. The number of halogens is 1. The van der Waals surface area contributed by atoms with Crippen LogP contribution in [0.25, 0.3) is 0 Å². The summed E-state index contributed by atoms with van der Waals surface area (Å²) in [4.78, 5) is 27.7. The van der Waals surface area contributed by atoms with Gasteiger partial charge in [-0.1, -0.05) is 40.2 Å². The number of urea groups is 1. The number of hydrogen-bond acceptors (Lipinski definition) is 3. The number of rotatable bonds is 4. The van der Waals surface area contributed by atoms with Crippen molar-refractivity contribution in [1.29, 1.82) is 0 Å². The molecule has 0 N–H and O–H groups in total. The van der Waals surface area contributed by atoms with Crippen LogP contribution in [0, 0.1) is 0 Å². The van der Waals surface area contributed by atoms with E-state index in [-0.39, 0.29) is 18.5 Å². The van der Waals surface area contributed by atoms with Crippen molar-refractivity contribution in [1.82, 2.24) is 4.90 Å². The number of nitrogens with zero attached hydrogens (tertiary/aromatic N) is 2. The van der Waals surface area contributed by atoms with Crippen LogP contribution in [0.3, 0.4) is 0 Å². The van der Waals surface area contributed by atoms with E-state index < -0.39 is 0 Å². The molecule has 6 heteroatoms. The van der Waals surface area contributed by atoms with Gasteiger partial charge in [-0.3, -0.25) is 4.79 Å². The highest BCUT2D eigenvalue weighted by molar-refractivity contribution is 9.10. The minimum atomic E-state index is -0.334. The molecule has 1 aliphatic heterocycles. The molecule has 1 heterocycles. The number of carbonyl (C=O) groups excluding carboxylic acids is 2. The SMILES string of the molecule is COc1ccccc1N1C(=O)CN(Cc2cccc(Br)c2)C1=O.